The third-order valence-electron chi connectivity index (χ3n) is 2.37. The maximum atomic E-state index is 5.77. The van der Waals surface area contributed by atoms with Crippen LogP contribution in [-0.4, -0.2) is 21.5 Å². The summed E-state index contributed by atoms with van der Waals surface area (Å²) in [6.07, 6.45) is 0. The lowest BCUT2D eigenvalue weighted by atomic mass is 10.3. The Morgan fingerprint density at radius 2 is 1.87 bits per heavy atom. The monoisotopic (exact) mass is 223 g/mol. The summed E-state index contributed by atoms with van der Waals surface area (Å²) in [7, 11) is -1.42. The molecule has 0 radical (unpaired) electrons. The van der Waals surface area contributed by atoms with Crippen LogP contribution in [0.1, 0.15) is 6.92 Å². The Bertz CT molecular complexity index is 274. The first-order chi connectivity index (χ1) is 7.14. The Morgan fingerprint density at radius 3 is 2.47 bits per heavy atom. The van der Waals surface area contributed by atoms with Gasteiger partial charge in [-0.3, -0.25) is 0 Å². The molecule has 15 heavy (non-hydrogen) atoms. The normalized spacial score (nSPS) is 11.4. The number of anilines is 1. The number of hydrogen-bond acceptors (Lipinski definition) is 2. The van der Waals surface area contributed by atoms with Gasteiger partial charge in [-0.25, -0.2) is 0 Å². The van der Waals surface area contributed by atoms with Gasteiger partial charge in [0.15, 0.2) is 8.32 Å². The predicted molar refractivity (Wildman–Crippen MR) is 68.8 cm³/mol. The largest absolute Gasteiger partial charge is 0.418 e. The number of para-hydroxylation sites is 1. The van der Waals surface area contributed by atoms with E-state index < -0.39 is 8.32 Å². The molecule has 0 saturated heterocycles. The van der Waals surface area contributed by atoms with Crippen LogP contribution in [0.5, 0.6) is 0 Å². The van der Waals surface area contributed by atoms with Crippen LogP contribution in [0.3, 0.4) is 0 Å². The van der Waals surface area contributed by atoms with Gasteiger partial charge < -0.3 is 9.74 Å². The molecule has 0 aliphatic heterocycles. The standard InChI is InChI=1S/C12H21NOSi/c1-4-14-15(2,3)11-10-13-12-8-6-5-7-9-12/h5-9,13H,4,10-11H2,1-3H3. The Kier molecular flexibility index (Phi) is 4.85. The molecule has 0 aliphatic rings. The van der Waals surface area contributed by atoms with Gasteiger partial charge in [-0.15, -0.1) is 0 Å². The molecule has 1 aromatic carbocycles. The molecule has 1 aromatic rings. The van der Waals surface area contributed by atoms with Crippen LogP contribution in [0.4, 0.5) is 5.69 Å². The van der Waals surface area contributed by atoms with Crippen molar-refractivity contribution in [1.29, 1.82) is 0 Å². The van der Waals surface area contributed by atoms with E-state index in [4.69, 9.17) is 4.43 Å². The van der Waals surface area contributed by atoms with E-state index in [1.807, 2.05) is 18.2 Å². The molecular weight excluding hydrogens is 202 g/mol. The van der Waals surface area contributed by atoms with E-state index in [9.17, 15) is 0 Å². The fourth-order valence-corrected chi connectivity index (χ4v) is 3.18. The van der Waals surface area contributed by atoms with Crippen LogP contribution >= 0.6 is 0 Å². The van der Waals surface area contributed by atoms with E-state index in [1.54, 1.807) is 0 Å². The summed E-state index contributed by atoms with van der Waals surface area (Å²) in [6.45, 7) is 8.44. The van der Waals surface area contributed by atoms with Gasteiger partial charge in [-0.1, -0.05) is 18.2 Å². The second kappa shape index (κ2) is 5.93. The number of rotatable bonds is 6. The fraction of sp³-hybridized carbons (Fsp3) is 0.500. The average molecular weight is 223 g/mol. The predicted octanol–water partition coefficient (Wildman–Crippen LogP) is 3.34. The smallest absolute Gasteiger partial charge is 0.188 e. The van der Waals surface area contributed by atoms with Crippen molar-refractivity contribution in [2.45, 2.75) is 26.1 Å². The first-order valence-corrected chi connectivity index (χ1v) is 8.68. The van der Waals surface area contributed by atoms with E-state index >= 15 is 0 Å². The molecule has 0 unspecified atom stereocenters. The molecule has 2 nitrogen and oxygen atoms in total. The summed E-state index contributed by atoms with van der Waals surface area (Å²) in [5.74, 6) is 0. The molecule has 84 valence electrons. The van der Waals surface area contributed by atoms with Gasteiger partial charge in [0, 0.05) is 18.8 Å². The van der Waals surface area contributed by atoms with Crippen LogP contribution in [0.2, 0.25) is 19.1 Å². The molecule has 0 aliphatic carbocycles. The molecule has 3 heteroatoms. The van der Waals surface area contributed by atoms with Crippen molar-refractivity contribution in [2.75, 3.05) is 18.5 Å². The first-order valence-electron chi connectivity index (χ1n) is 5.57. The van der Waals surface area contributed by atoms with Gasteiger partial charge in [0.2, 0.25) is 0 Å². The van der Waals surface area contributed by atoms with Crippen LogP contribution in [0, 0.1) is 0 Å². The van der Waals surface area contributed by atoms with E-state index in [1.165, 1.54) is 5.69 Å². The fourth-order valence-electron chi connectivity index (χ4n) is 1.53. The molecule has 0 saturated carbocycles. The molecule has 0 bridgehead atoms. The lowest BCUT2D eigenvalue weighted by Crippen LogP contribution is -2.32. The molecule has 0 spiro atoms. The van der Waals surface area contributed by atoms with E-state index in [2.05, 4.69) is 37.5 Å². The quantitative estimate of drug-likeness (QED) is 0.747. The molecule has 0 heterocycles. The van der Waals surface area contributed by atoms with Gasteiger partial charge in [0.25, 0.3) is 0 Å². The molecule has 0 atom stereocenters. The molecule has 1 N–H and O–H groups in total. The Balaban J connectivity index is 2.27. The summed E-state index contributed by atoms with van der Waals surface area (Å²) in [5.41, 5.74) is 1.19. The van der Waals surface area contributed by atoms with Crippen molar-refractivity contribution in [3.05, 3.63) is 30.3 Å². The van der Waals surface area contributed by atoms with Crippen molar-refractivity contribution < 1.29 is 4.43 Å². The molecular formula is C12H21NOSi. The lowest BCUT2D eigenvalue weighted by Gasteiger charge is -2.22. The Hall–Kier alpha value is -0.803. The lowest BCUT2D eigenvalue weighted by molar-refractivity contribution is 0.329. The van der Waals surface area contributed by atoms with Crippen molar-refractivity contribution in [3.8, 4) is 0 Å². The summed E-state index contributed by atoms with van der Waals surface area (Å²) in [4.78, 5) is 0. The van der Waals surface area contributed by atoms with Crippen LogP contribution in [0.25, 0.3) is 0 Å². The third kappa shape index (κ3) is 5.00. The van der Waals surface area contributed by atoms with Crippen molar-refractivity contribution in [3.63, 3.8) is 0 Å². The highest BCUT2D eigenvalue weighted by molar-refractivity contribution is 6.71. The van der Waals surface area contributed by atoms with E-state index in [0.29, 0.717) is 0 Å². The highest BCUT2D eigenvalue weighted by Crippen LogP contribution is 2.12. The van der Waals surface area contributed by atoms with Gasteiger partial charge in [0.1, 0.15) is 0 Å². The SMILES string of the molecule is CCO[Si](C)(C)CCNc1ccccc1. The highest BCUT2D eigenvalue weighted by atomic mass is 28.4. The van der Waals surface area contributed by atoms with Crippen molar-refractivity contribution in [1.82, 2.24) is 0 Å². The molecule has 1 rings (SSSR count). The zero-order valence-corrected chi connectivity index (χ0v) is 10.9. The Morgan fingerprint density at radius 1 is 1.20 bits per heavy atom. The second-order valence-electron chi connectivity index (χ2n) is 4.24. The van der Waals surface area contributed by atoms with Crippen molar-refractivity contribution in [2.24, 2.45) is 0 Å². The van der Waals surface area contributed by atoms with Gasteiger partial charge in [-0.2, -0.15) is 0 Å². The maximum Gasteiger partial charge on any atom is 0.188 e. The zero-order chi connectivity index (χ0) is 11.1. The highest BCUT2D eigenvalue weighted by Gasteiger charge is 2.20. The number of benzene rings is 1. The van der Waals surface area contributed by atoms with Gasteiger partial charge in [0.05, 0.1) is 0 Å². The topological polar surface area (TPSA) is 21.3 Å². The number of hydrogen-bond donors (Lipinski definition) is 1. The summed E-state index contributed by atoms with van der Waals surface area (Å²) in [5, 5.41) is 3.41. The van der Waals surface area contributed by atoms with Crippen LogP contribution in [-0.2, 0) is 4.43 Å². The van der Waals surface area contributed by atoms with E-state index in [0.717, 1.165) is 19.2 Å². The summed E-state index contributed by atoms with van der Waals surface area (Å²) < 4.78 is 5.77. The van der Waals surface area contributed by atoms with Crippen molar-refractivity contribution >= 4 is 14.0 Å². The minimum Gasteiger partial charge on any atom is -0.418 e. The summed E-state index contributed by atoms with van der Waals surface area (Å²) >= 11 is 0. The molecule has 0 amide bonds. The number of nitrogens with one attached hydrogen (secondary N) is 1. The molecule has 0 fully saturated rings. The van der Waals surface area contributed by atoms with Crippen LogP contribution < -0.4 is 5.32 Å². The third-order valence-corrected chi connectivity index (χ3v) is 4.89. The molecule has 0 aromatic heterocycles. The van der Waals surface area contributed by atoms with Crippen LogP contribution in [0.15, 0.2) is 30.3 Å². The zero-order valence-electron chi connectivity index (χ0n) is 9.92. The summed E-state index contributed by atoms with van der Waals surface area (Å²) in [6, 6.07) is 11.5. The van der Waals surface area contributed by atoms with E-state index in [-0.39, 0.29) is 0 Å². The van der Waals surface area contributed by atoms with Gasteiger partial charge in [-0.05, 0) is 38.2 Å². The second-order valence-corrected chi connectivity index (χ2v) is 8.54. The van der Waals surface area contributed by atoms with Gasteiger partial charge >= 0.3 is 0 Å². The maximum absolute atomic E-state index is 5.77. The Labute approximate surface area is 93.8 Å². The minimum absolute atomic E-state index is 0.838. The average Bonchev–Trinajstić information content (AvgIpc) is 2.19. The first kappa shape index (κ1) is 12.3. The minimum atomic E-state index is -1.42.